The summed E-state index contributed by atoms with van der Waals surface area (Å²) in [4.78, 5) is 0. The molecule has 0 bridgehead atoms. The van der Waals surface area contributed by atoms with Gasteiger partial charge in [0.2, 0.25) is 0 Å². The number of hydrogen-bond donors (Lipinski definition) is 0. The van der Waals surface area contributed by atoms with Crippen molar-refractivity contribution in [3.63, 3.8) is 0 Å². The Balaban J connectivity index is 1.53. The van der Waals surface area contributed by atoms with Crippen molar-refractivity contribution >= 4 is 0 Å². The van der Waals surface area contributed by atoms with Crippen LogP contribution in [0.2, 0.25) is 0 Å². The van der Waals surface area contributed by atoms with Gasteiger partial charge in [-0.3, -0.25) is 0 Å². The summed E-state index contributed by atoms with van der Waals surface area (Å²) in [5.41, 5.74) is 0.422. The lowest BCUT2D eigenvalue weighted by molar-refractivity contribution is -0.204. The van der Waals surface area contributed by atoms with Gasteiger partial charge in [0.1, 0.15) is 0 Å². The largest absolute Gasteiger partial charge is 0.335 e. The molecule has 1 aromatic rings. The summed E-state index contributed by atoms with van der Waals surface area (Å²) >= 11 is 0. The van der Waals surface area contributed by atoms with Crippen molar-refractivity contribution < 1.29 is 17.6 Å². The van der Waals surface area contributed by atoms with Gasteiger partial charge in [0, 0.05) is 12.5 Å². The maximum atomic E-state index is 13.8. The first-order valence-electron chi connectivity index (χ1n) is 11.1. The molecule has 0 heterocycles. The van der Waals surface area contributed by atoms with E-state index in [9.17, 15) is 17.6 Å². The van der Waals surface area contributed by atoms with Crippen LogP contribution in [0.3, 0.4) is 0 Å². The van der Waals surface area contributed by atoms with Gasteiger partial charge < -0.3 is 0 Å². The lowest BCUT2D eigenvalue weighted by atomic mass is 9.68. The minimum absolute atomic E-state index is 0.276. The standard InChI is InChI=1S/C24H34F4/c1-3-4-17-5-7-18(8-6-17)19-9-11-20(12-10-19)21-13-15-22(16-14-21)24(27,28)23(2,25)26/h13-20H,3-12H2,1-2H3/t17-,18-,19?,20?. The number of halogens is 4. The minimum Gasteiger partial charge on any atom is -0.200 e. The first-order chi connectivity index (χ1) is 13.2. The second kappa shape index (κ2) is 8.75. The molecule has 0 unspecified atom stereocenters. The molecule has 2 saturated carbocycles. The van der Waals surface area contributed by atoms with Crippen LogP contribution in [0.5, 0.6) is 0 Å². The zero-order valence-electron chi connectivity index (χ0n) is 17.2. The van der Waals surface area contributed by atoms with Crippen molar-refractivity contribution in [2.45, 2.75) is 95.8 Å². The highest BCUT2D eigenvalue weighted by Gasteiger charge is 2.53. The van der Waals surface area contributed by atoms with E-state index < -0.39 is 17.4 Å². The van der Waals surface area contributed by atoms with Crippen molar-refractivity contribution in [1.29, 1.82) is 0 Å². The number of benzene rings is 1. The van der Waals surface area contributed by atoms with Crippen LogP contribution in [0.25, 0.3) is 0 Å². The van der Waals surface area contributed by atoms with Crippen molar-refractivity contribution in [2.75, 3.05) is 0 Å². The third-order valence-electron chi connectivity index (χ3n) is 7.32. The summed E-state index contributed by atoms with van der Waals surface area (Å²) in [5.74, 6) is -5.20. The first-order valence-corrected chi connectivity index (χ1v) is 11.1. The van der Waals surface area contributed by atoms with Gasteiger partial charge in [-0.05, 0) is 67.8 Å². The van der Waals surface area contributed by atoms with E-state index in [4.69, 9.17) is 0 Å². The van der Waals surface area contributed by atoms with E-state index in [1.165, 1.54) is 63.5 Å². The molecule has 28 heavy (non-hydrogen) atoms. The SMILES string of the molecule is CCC[C@H]1CC[C@H](C2CCC(c3ccc(C(F)(F)C(C)(F)F)cc3)CC2)CC1. The highest BCUT2D eigenvalue weighted by Crippen LogP contribution is 2.46. The van der Waals surface area contributed by atoms with Crippen LogP contribution in [0.1, 0.15) is 95.1 Å². The molecule has 0 radical (unpaired) electrons. The van der Waals surface area contributed by atoms with E-state index in [0.29, 0.717) is 5.92 Å². The Hall–Kier alpha value is -1.06. The smallest absolute Gasteiger partial charge is 0.200 e. The summed E-state index contributed by atoms with van der Waals surface area (Å²) in [6.45, 7) is 2.55. The van der Waals surface area contributed by atoms with Crippen LogP contribution in [0.15, 0.2) is 24.3 Å². The van der Waals surface area contributed by atoms with Crippen molar-refractivity contribution in [1.82, 2.24) is 0 Å². The molecule has 0 aliphatic heterocycles. The molecule has 1 aromatic carbocycles. The molecular weight excluding hydrogens is 364 g/mol. The van der Waals surface area contributed by atoms with Gasteiger partial charge in [-0.15, -0.1) is 0 Å². The molecule has 0 aromatic heterocycles. The quantitative estimate of drug-likeness (QED) is 0.423. The van der Waals surface area contributed by atoms with Gasteiger partial charge in [0.15, 0.2) is 0 Å². The molecule has 0 atom stereocenters. The fraction of sp³-hybridized carbons (Fsp3) is 0.750. The number of alkyl halides is 4. The molecule has 0 amide bonds. The summed E-state index contributed by atoms with van der Waals surface area (Å²) in [6, 6.07) is 5.65. The van der Waals surface area contributed by atoms with Gasteiger partial charge in [0.05, 0.1) is 0 Å². The average Bonchev–Trinajstić information content (AvgIpc) is 2.68. The third kappa shape index (κ3) is 4.74. The second-order valence-electron chi connectivity index (χ2n) is 9.27. The van der Waals surface area contributed by atoms with Crippen LogP contribution in [-0.2, 0) is 5.92 Å². The minimum atomic E-state index is -4.13. The molecular formula is C24H34F4. The molecule has 2 aliphatic rings. The predicted octanol–water partition coefficient (Wildman–Crippen LogP) is 8.31. The van der Waals surface area contributed by atoms with Gasteiger partial charge in [-0.2, -0.15) is 17.6 Å². The molecule has 0 N–H and O–H groups in total. The Morgan fingerprint density at radius 1 is 0.786 bits per heavy atom. The fourth-order valence-corrected chi connectivity index (χ4v) is 5.50. The van der Waals surface area contributed by atoms with E-state index in [1.807, 2.05) is 0 Å². The fourth-order valence-electron chi connectivity index (χ4n) is 5.50. The zero-order chi connectivity index (χ0) is 20.4. The molecule has 0 saturated heterocycles. The molecule has 0 spiro atoms. The van der Waals surface area contributed by atoms with E-state index in [0.717, 1.165) is 36.2 Å². The molecule has 4 heteroatoms. The highest BCUT2D eigenvalue weighted by atomic mass is 19.3. The van der Waals surface area contributed by atoms with Gasteiger partial charge in [-0.25, -0.2) is 0 Å². The average molecular weight is 399 g/mol. The number of rotatable bonds is 6. The van der Waals surface area contributed by atoms with E-state index in [-0.39, 0.29) is 6.92 Å². The Morgan fingerprint density at radius 3 is 1.75 bits per heavy atom. The van der Waals surface area contributed by atoms with Crippen LogP contribution in [0.4, 0.5) is 17.6 Å². The summed E-state index contributed by atoms with van der Waals surface area (Å²) < 4.78 is 54.0. The van der Waals surface area contributed by atoms with E-state index >= 15 is 0 Å². The normalized spacial score (nSPS) is 29.6. The zero-order valence-corrected chi connectivity index (χ0v) is 17.2. The van der Waals surface area contributed by atoms with Gasteiger partial charge in [-0.1, -0.05) is 56.9 Å². The lowest BCUT2D eigenvalue weighted by Gasteiger charge is -2.38. The molecule has 2 fully saturated rings. The van der Waals surface area contributed by atoms with Crippen LogP contribution >= 0.6 is 0 Å². The topological polar surface area (TPSA) is 0 Å². The van der Waals surface area contributed by atoms with Crippen molar-refractivity contribution in [2.24, 2.45) is 17.8 Å². The summed E-state index contributed by atoms with van der Waals surface area (Å²) in [5, 5.41) is 0. The van der Waals surface area contributed by atoms with Crippen LogP contribution in [0, 0.1) is 17.8 Å². The second-order valence-corrected chi connectivity index (χ2v) is 9.27. The Morgan fingerprint density at radius 2 is 1.29 bits per heavy atom. The Bertz CT molecular complexity index is 600. The summed E-state index contributed by atoms with van der Waals surface area (Å²) in [6.07, 6.45) is 12.8. The van der Waals surface area contributed by atoms with Crippen molar-refractivity contribution in [3.8, 4) is 0 Å². The summed E-state index contributed by atoms with van der Waals surface area (Å²) in [7, 11) is 0. The molecule has 158 valence electrons. The van der Waals surface area contributed by atoms with Gasteiger partial charge >= 0.3 is 11.8 Å². The maximum absolute atomic E-state index is 13.8. The lowest BCUT2D eigenvalue weighted by Crippen LogP contribution is -2.34. The van der Waals surface area contributed by atoms with Crippen LogP contribution in [-0.4, -0.2) is 5.92 Å². The van der Waals surface area contributed by atoms with E-state index in [2.05, 4.69) is 6.92 Å². The van der Waals surface area contributed by atoms with Crippen LogP contribution < -0.4 is 0 Å². The maximum Gasteiger partial charge on any atom is 0.335 e. The van der Waals surface area contributed by atoms with E-state index in [1.54, 1.807) is 12.1 Å². The predicted molar refractivity (Wildman–Crippen MR) is 106 cm³/mol. The van der Waals surface area contributed by atoms with Gasteiger partial charge in [0.25, 0.3) is 0 Å². The first kappa shape index (κ1) is 21.6. The Labute approximate surface area is 167 Å². The molecule has 2 aliphatic carbocycles. The monoisotopic (exact) mass is 398 g/mol. The molecule has 0 nitrogen and oxygen atoms in total. The third-order valence-corrected chi connectivity index (χ3v) is 7.32. The van der Waals surface area contributed by atoms with Crippen molar-refractivity contribution in [3.05, 3.63) is 35.4 Å². The Kier molecular flexibility index (Phi) is 6.76. The molecule has 3 rings (SSSR count). The highest BCUT2D eigenvalue weighted by molar-refractivity contribution is 5.29. The number of hydrogen-bond acceptors (Lipinski definition) is 0.